The largest absolute Gasteiger partial charge is 0.455 e. The molecule has 34 heavy (non-hydrogen) atoms. The van der Waals surface area contributed by atoms with Gasteiger partial charge in [0.25, 0.3) is 10.8 Å². The quantitative estimate of drug-likeness (QED) is 0.120. The van der Waals surface area contributed by atoms with Crippen LogP contribution in [-0.4, -0.2) is 29.0 Å². The molecule has 0 amide bonds. The molecular weight excluding hydrogens is 466 g/mol. The van der Waals surface area contributed by atoms with Crippen LogP contribution in [0.5, 0.6) is 11.5 Å². The average molecular weight is 485 g/mol. The van der Waals surface area contributed by atoms with Crippen LogP contribution in [0.15, 0.2) is 72.8 Å². The van der Waals surface area contributed by atoms with Crippen molar-refractivity contribution in [3.05, 3.63) is 104 Å². The smallest absolute Gasteiger partial charge is 0.339 e. The minimum Gasteiger partial charge on any atom is -0.455 e. The summed E-state index contributed by atoms with van der Waals surface area (Å²) in [6, 6.07) is 19.0. The van der Waals surface area contributed by atoms with Crippen LogP contribution in [0, 0.1) is 20.2 Å². The van der Waals surface area contributed by atoms with E-state index in [4.69, 9.17) is 9.47 Å². The lowest BCUT2D eigenvalue weighted by atomic mass is 10.1. The summed E-state index contributed by atoms with van der Waals surface area (Å²) in [5.74, 6) is 0.0372. The monoisotopic (exact) mass is 485 g/mol. The molecule has 0 N–H and O–H groups in total. The number of carbonyl (C=O) groups is 1. The molecule has 0 spiro atoms. The number of hydrogen-bond donors (Lipinski definition) is 0. The van der Waals surface area contributed by atoms with Crippen LogP contribution in [0.4, 0.5) is 11.4 Å². The SMILES string of the molecule is CSN(COC(=O)c1cccc(CO[N+](=O)[O-])c1)c1ccc([N+](=O)[O-])cc1Oc1ccccc1. The van der Waals surface area contributed by atoms with E-state index in [9.17, 15) is 25.0 Å². The van der Waals surface area contributed by atoms with Crippen molar-refractivity contribution in [3.63, 3.8) is 0 Å². The summed E-state index contributed by atoms with van der Waals surface area (Å²) in [5, 5.41) is 20.7. The van der Waals surface area contributed by atoms with Gasteiger partial charge in [0.05, 0.1) is 22.2 Å². The summed E-state index contributed by atoms with van der Waals surface area (Å²) in [5.41, 5.74) is 0.932. The Morgan fingerprint density at radius 3 is 2.44 bits per heavy atom. The van der Waals surface area contributed by atoms with Crippen LogP contribution >= 0.6 is 11.9 Å². The molecule has 0 aliphatic carbocycles. The molecule has 0 atom stereocenters. The number of para-hydroxylation sites is 1. The number of nitro benzene ring substituents is 1. The predicted octanol–water partition coefficient (Wildman–Crippen LogP) is 4.99. The Hall–Kier alpha value is -4.32. The first-order valence-electron chi connectivity index (χ1n) is 9.73. The van der Waals surface area contributed by atoms with Crippen LogP contribution in [-0.2, 0) is 16.2 Å². The minimum absolute atomic E-state index is 0.151. The van der Waals surface area contributed by atoms with Crippen molar-refractivity contribution < 1.29 is 29.1 Å². The summed E-state index contributed by atoms with van der Waals surface area (Å²) in [6.45, 7) is -0.493. The molecule has 0 aromatic heterocycles. The molecule has 0 aliphatic heterocycles. The highest BCUT2D eigenvalue weighted by Crippen LogP contribution is 2.37. The first-order valence-corrected chi connectivity index (χ1v) is 10.9. The Balaban J connectivity index is 1.77. The number of hydrogen-bond acceptors (Lipinski definition) is 10. The lowest BCUT2D eigenvalue weighted by molar-refractivity contribution is -0.763. The van der Waals surface area contributed by atoms with Gasteiger partial charge in [0, 0.05) is 12.3 Å². The molecule has 0 heterocycles. The van der Waals surface area contributed by atoms with Gasteiger partial charge < -0.3 is 14.3 Å². The highest BCUT2D eigenvalue weighted by molar-refractivity contribution is 7.99. The van der Waals surface area contributed by atoms with Gasteiger partial charge >= 0.3 is 5.97 Å². The summed E-state index contributed by atoms with van der Waals surface area (Å²) in [6.07, 6.45) is 1.75. The lowest BCUT2D eigenvalue weighted by Crippen LogP contribution is -2.21. The molecular formula is C22H19N3O8S. The second-order valence-corrected chi connectivity index (χ2v) is 7.45. The molecule has 0 saturated carbocycles. The molecule has 0 saturated heterocycles. The third kappa shape index (κ3) is 6.59. The zero-order valence-electron chi connectivity index (χ0n) is 17.9. The van der Waals surface area contributed by atoms with Crippen LogP contribution in [0.25, 0.3) is 0 Å². The first kappa shape index (κ1) is 24.3. The highest BCUT2D eigenvalue weighted by Gasteiger charge is 2.19. The molecule has 11 nitrogen and oxygen atoms in total. The summed E-state index contributed by atoms with van der Waals surface area (Å²) >= 11 is 1.22. The van der Waals surface area contributed by atoms with E-state index >= 15 is 0 Å². The molecule has 0 aliphatic rings. The second kappa shape index (κ2) is 11.5. The number of esters is 1. The van der Waals surface area contributed by atoms with Gasteiger partial charge in [0.1, 0.15) is 12.4 Å². The summed E-state index contributed by atoms with van der Waals surface area (Å²) in [4.78, 5) is 38.0. The van der Waals surface area contributed by atoms with Crippen LogP contribution < -0.4 is 9.04 Å². The standard InChI is InChI=1S/C22H19N3O8S/c1-34-23(15-31-22(26)17-7-5-6-16(12-17)14-32-25(29)30)20-11-10-18(24(27)28)13-21(20)33-19-8-3-2-4-9-19/h2-13H,14-15H2,1H3. The van der Waals surface area contributed by atoms with E-state index in [1.54, 1.807) is 47.0 Å². The molecule has 3 aromatic rings. The Morgan fingerprint density at radius 1 is 1.00 bits per heavy atom. The number of non-ortho nitro benzene ring substituents is 1. The Kier molecular flexibility index (Phi) is 8.24. The third-order valence-electron chi connectivity index (χ3n) is 4.43. The fourth-order valence-electron chi connectivity index (χ4n) is 2.86. The molecule has 3 rings (SSSR count). The maximum absolute atomic E-state index is 12.6. The number of benzene rings is 3. The Labute approximate surface area is 198 Å². The Morgan fingerprint density at radius 2 is 1.76 bits per heavy atom. The second-order valence-electron chi connectivity index (χ2n) is 6.64. The predicted molar refractivity (Wildman–Crippen MR) is 124 cm³/mol. The van der Waals surface area contributed by atoms with Gasteiger partial charge in [-0.15, -0.1) is 10.1 Å². The van der Waals surface area contributed by atoms with Gasteiger partial charge in [-0.05, 0) is 35.9 Å². The number of rotatable bonds is 11. The first-order chi connectivity index (χ1) is 16.4. The number of ether oxygens (including phenoxy) is 2. The van der Waals surface area contributed by atoms with E-state index in [1.807, 2.05) is 6.07 Å². The van der Waals surface area contributed by atoms with E-state index in [2.05, 4.69) is 4.84 Å². The van der Waals surface area contributed by atoms with Crippen molar-refractivity contribution in [2.75, 3.05) is 17.3 Å². The van der Waals surface area contributed by atoms with Crippen LogP contribution in [0.1, 0.15) is 15.9 Å². The molecule has 0 bridgehead atoms. The van der Waals surface area contributed by atoms with Gasteiger partial charge in [0.2, 0.25) is 0 Å². The van der Waals surface area contributed by atoms with Crippen molar-refractivity contribution in [3.8, 4) is 11.5 Å². The van der Waals surface area contributed by atoms with E-state index in [0.29, 0.717) is 17.0 Å². The summed E-state index contributed by atoms with van der Waals surface area (Å²) < 4.78 is 12.9. The number of nitro groups is 1. The molecule has 0 fully saturated rings. The average Bonchev–Trinajstić information content (AvgIpc) is 2.84. The zero-order chi connectivity index (χ0) is 24.5. The molecule has 176 valence electrons. The van der Waals surface area contributed by atoms with Crippen molar-refractivity contribution in [2.24, 2.45) is 0 Å². The number of carbonyl (C=O) groups excluding carboxylic acids is 1. The van der Waals surface area contributed by atoms with Gasteiger partial charge in [-0.2, -0.15) is 0 Å². The lowest BCUT2D eigenvalue weighted by Gasteiger charge is -2.23. The van der Waals surface area contributed by atoms with Gasteiger partial charge in [-0.3, -0.25) is 14.4 Å². The van der Waals surface area contributed by atoms with E-state index in [-0.39, 0.29) is 30.3 Å². The van der Waals surface area contributed by atoms with E-state index < -0.39 is 16.0 Å². The van der Waals surface area contributed by atoms with E-state index in [1.165, 1.54) is 42.3 Å². The molecule has 0 radical (unpaired) electrons. The molecule has 3 aromatic carbocycles. The van der Waals surface area contributed by atoms with Crippen LogP contribution in [0.3, 0.4) is 0 Å². The number of nitrogens with zero attached hydrogens (tertiary/aromatic N) is 3. The van der Waals surface area contributed by atoms with Crippen LogP contribution in [0.2, 0.25) is 0 Å². The maximum atomic E-state index is 12.6. The minimum atomic E-state index is -0.916. The van der Waals surface area contributed by atoms with Gasteiger partial charge in [0.15, 0.2) is 12.5 Å². The fraction of sp³-hybridized carbons (Fsp3) is 0.136. The van der Waals surface area contributed by atoms with Crippen molar-refractivity contribution >= 4 is 29.3 Å². The normalized spacial score (nSPS) is 10.3. The van der Waals surface area contributed by atoms with Gasteiger partial charge in [-0.25, -0.2) is 4.79 Å². The van der Waals surface area contributed by atoms with Gasteiger partial charge in [-0.1, -0.05) is 42.3 Å². The topological polar surface area (TPSA) is 134 Å². The third-order valence-corrected chi connectivity index (χ3v) is 5.17. The van der Waals surface area contributed by atoms with Crippen molar-refractivity contribution in [1.29, 1.82) is 0 Å². The Bertz CT molecular complexity index is 1180. The maximum Gasteiger partial charge on any atom is 0.339 e. The molecule has 12 heteroatoms. The summed E-state index contributed by atoms with van der Waals surface area (Å²) in [7, 11) is 0. The van der Waals surface area contributed by atoms with Crippen molar-refractivity contribution in [1.82, 2.24) is 0 Å². The zero-order valence-corrected chi connectivity index (χ0v) is 18.7. The van der Waals surface area contributed by atoms with E-state index in [0.717, 1.165) is 0 Å². The van der Waals surface area contributed by atoms with Crippen molar-refractivity contribution in [2.45, 2.75) is 6.61 Å². The molecule has 0 unspecified atom stereocenters. The fourth-order valence-corrected chi connectivity index (χ4v) is 3.36. The highest BCUT2D eigenvalue weighted by atomic mass is 32.2. The number of anilines is 1.